The number of ketones is 3. The Kier molecular flexibility index (Phi) is 6.13. The van der Waals surface area contributed by atoms with Gasteiger partial charge in [-0.3, -0.25) is 14.4 Å². The highest BCUT2D eigenvalue weighted by Crippen LogP contribution is 2.63. The molecular formula is C34H38O6. The molecule has 0 fully saturated rings. The first-order valence-electron chi connectivity index (χ1n) is 13.9. The zero-order valence-electron chi connectivity index (χ0n) is 24.6. The molecule has 0 heterocycles. The topological polar surface area (TPSA) is 112 Å². The average Bonchev–Trinajstić information content (AvgIpc) is 2.81. The molecule has 6 heteroatoms. The van der Waals surface area contributed by atoms with Crippen LogP contribution in [0.3, 0.4) is 0 Å². The van der Waals surface area contributed by atoms with Gasteiger partial charge in [0.15, 0.2) is 17.2 Å². The predicted molar refractivity (Wildman–Crippen MR) is 154 cm³/mol. The Balaban J connectivity index is 1.81. The van der Waals surface area contributed by atoms with Gasteiger partial charge in [-0.2, -0.15) is 0 Å². The zero-order valence-corrected chi connectivity index (χ0v) is 24.6. The Hall–Kier alpha value is -3.51. The van der Waals surface area contributed by atoms with Crippen LogP contribution in [0.4, 0.5) is 0 Å². The number of Topliss-reactive ketones (excluding diaryl/α,β-unsaturated/α-hetero) is 3. The lowest BCUT2D eigenvalue weighted by Crippen LogP contribution is -2.63. The van der Waals surface area contributed by atoms with Crippen molar-refractivity contribution in [2.75, 3.05) is 0 Å². The third-order valence-electron chi connectivity index (χ3n) is 9.58. The maximum Gasteiger partial charge on any atom is 0.206 e. The lowest BCUT2D eigenvalue weighted by atomic mass is 9.47. The molecular weight excluding hydrogens is 504 g/mol. The molecule has 210 valence electrons. The number of aliphatic hydroxyl groups is 2. The molecule has 0 saturated heterocycles. The fourth-order valence-corrected chi connectivity index (χ4v) is 7.96. The standard InChI is InChI=1S/C34H38O6/c1-16(2)22-12-23(21-10-9-17(3)11-18(21)4)28(36)26-24(22)14-32(7)15-33(8)13-19(5)25(20(6)35)30(38)34(33,40)31(39)27(32)29(26)37/h9-12,16,36,39-40H,13-15H2,1-8H3/t32-,33+,34+/m1/s1. The van der Waals surface area contributed by atoms with Gasteiger partial charge in [0.25, 0.3) is 0 Å². The summed E-state index contributed by atoms with van der Waals surface area (Å²) >= 11 is 0. The van der Waals surface area contributed by atoms with E-state index in [1.54, 1.807) is 13.8 Å². The number of carbonyl (C=O) groups is 3. The molecule has 0 amide bonds. The minimum Gasteiger partial charge on any atom is -0.508 e. The van der Waals surface area contributed by atoms with Crippen molar-refractivity contribution in [2.24, 2.45) is 10.8 Å². The zero-order chi connectivity index (χ0) is 29.7. The summed E-state index contributed by atoms with van der Waals surface area (Å²) in [6.45, 7) is 14.6. The Labute approximate surface area is 235 Å². The number of hydrogen-bond acceptors (Lipinski definition) is 6. The van der Waals surface area contributed by atoms with Gasteiger partial charge in [-0.1, -0.05) is 57.0 Å². The van der Waals surface area contributed by atoms with E-state index in [0.717, 1.165) is 27.8 Å². The van der Waals surface area contributed by atoms with E-state index in [1.807, 2.05) is 58.9 Å². The molecule has 3 aliphatic rings. The second kappa shape index (κ2) is 8.74. The van der Waals surface area contributed by atoms with Gasteiger partial charge in [0.2, 0.25) is 5.78 Å². The quantitative estimate of drug-likeness (QED) is 0.388. The van der Waals surface area contributed by atoms with E-state index in [-0.39, 0.29) is 41.2 Å². The minimum atomic E-state index is -2.42. The highest BCUT2D eigenvalue weighted by molar-refractivity contribution is 6.25. The monoisotopic (exact) mass is 542 g/mol. The average molecular weight is 543 g/mol. The van der Waals surface area contributed by atoms with E-state index in [0.29, 0.717) is 17.6 Å². The lowest BCUT2D eigenvalue weighted by molar-refractivity contribution is -0.157. The maximum atomic E-state index is 14.4. The van der Waals surface area contributed by atoms with E-state index in [2.05, 4.69) is 0 Å². The Morgan fingerprint density at radius 2 is 1.62 bits per heavy atom. The number of aromatic hydroxyl groups is 1. The second-order valence-corrected chi connectivity index (χ2v) is 13.1. The molecule has 0 aromatic heterocycles. The van der Waals surface area contributed by atoms with E-state index in [4.69, 9.17) is 0 Å². The van der Waals surface area contributed by atoms with Crippen LogP contribution in [0.25, 0.3) is 11.1 Å². The highest BCUT2D eigenvalue weighted by Gasteiger charge is 2.67. The molecule has 0 aliphatic heterocycles. The molecule has 5 rings (SSSR count). The largest absolute Gasteiger partial charge is 0.508 e. The first kappa shape index (κ1) is 28.0. The third kappa shape index (κ3) is 3.54. The van der Waals surface area contributed by atoms with Gasteiger partial charge < -0.3 is 15.3 Å². The number of phenolic OH excluding ortho intramolecular Hbond substituents is 1. The fraction of sp³-hybridized carbons (Fsp3) is 0.441. The number of aryl methyl sites for hydroxylation is 2. The molecule has 0 radical (unpaired) electrons. The summed E-state index contributed by atoms with van der Waals surface area (Å²) in [4.78, 5) is 40.5. The number of phenols is 1. The molecule has 0 unspecified atom stereocenters. The van der Waals surface area contributed by atoms with Crippen LogP contribution in [0.1, 0.15) is 92.9 Å². The van der Waals surface area contributed by atoms with Gasteiger partial charge in [-0.05, 0) is 81.2 Å². The van der Waals surface area contributed by atoms with Gasteiger partial charge in [0.1, 0.15) is 11.5 Å². The molecule has 2 aromatic rings. The van der Waals surface area contributed by atoms with Crippen LogP contribution in [0.15, 0.2) is 46.7 Å². The maximum absolute atomic E-state index is 14.4. The van der Waals surface area contributed by atoms with Crippen molar-refractivity contribution in [3.05, 3.63) is 74.6 Å². The third-order valence-corrected chi connectivity index (χ3v) is 9.58. The van der Waals surface area contributed by atoms with Crippen molar-refractivity contribution in [1.82, 2.24) is 0 Å². The van der Waals surface area contributed by atoms with Crippen molar-refractivity contribution in [3.63, 3.8) is 0 Å². The first-order valence-corrected chi connectivity index (χ1v) is 13.9. The summed E-state index contributed by atoms with van der Waals surface area (Å²) in [6, 6.07) is 7.87. The van der Waals surface area contributed by atoms with Crippen LogP contribution in [0.5, 0.6) is 5.75 Å². The number of rotatable bonds is 3. The number of allylic oxidation sites excluding steroid dienone is 2. The van der Waals surface area contributed by atoms with Gasteiger partial charge in [0, 0.05) is 22.0 Å². The van der Waals surface area contributed by atoms with E-state index < -0.39 is 39.5 Å². The summed E-state index contributed by atoms with van der Waals surface area (Å²) in [6.07, 6.45) is 0.822. The predicted octanol–water partition coefficient (Wildman–Crippen LogP) is 6.38. The van der Waals surface area contributed by atoms with Crippen LogP contribution in [0, 0.1) is 24.7 Å². The van der Waals surface area contributed by atoms with E-state index in [1.165, 1.54) is 6.92 Å². The van der Waals surface area contributed by atoms with Crippen molar-refractivity contribution < 1.29 is 29.7 Å². The first-order chi connectivity index (χ1) is 18.5. The van der Waals surface area contributed by atoms with Crippen LogP contribution in [-0.2, 0) is 16.0 Å². The number of benzene rings is 2. The summed E-state index contributed by atoms with van der Waals surface area (Å²) in [5, 5.41) is 35.4. The van der Waals surface area contributed by atoms with Crippen molar-refractivity contribution >= 4 is 17.3 Å². The molecule has 3 N–H and O–H groups in total. The van der Waals surface area contributed by atoms with Crippen LogP contribution in [0.2, 0.25) is 0 Å². The molecule has 0 spiro atoms. The fourth-order valence-electron chi connectivity index (χ4n) is 7.96. The SMILES string of the molecule is CC(=O)C1=C(C)C[C@@]2(C)C[C@@]3(C)Cc4c(C(C)C)cc(-c5ccc(C)cc5C)c(O)c4C(=O)C3=C(O)[C@@]2(O)C1=O. The van der Waals surface area contributed by atoms with Crippen LogP contribution in [-0.4, -0.2) is 38.3 Å². The lowest BCUT2D eigenvalue weighted by Gasteiger charge is -2.56. The van der Waals surface area contributed by atoms with E-state index >= 15 is 0 Å². The summed E-state index contributed by atoms with van der Waals surface area (Å²) < 4.78 is 0. The normalized spacial score (nSPS) is 28.1. The second-order valence-electron chi connectivity index (χ2n) is 13.1. The van der Waals surface area contributed by atoms with Gasteiger partial charge in [-0.25, -0.2) is 0 Å². The molecule has 6 nitrogen and oxygen atoms in total. The summed E-state index contributed by atoms with van der Waals surface area (Å²) in [7, 11) is 0. The van der Waals surface area contributed by atoms with Crippen molar-refractivity contribution in [2.45, 2.75) is 86.2 Å². The van der Waals surface area contributed by atoms with Crippen LogP contribution >= 0.6 is 0 Å². The molecule has 3 atom stereocenters. The molecule has 0 saturated carbocycles. The van der Waals surface area contributed by atoms with Gasteiger partial charge >= 0.3 is 0 Å². The minimum absolute atomic E-state index is 0.0463. The van der Waals surface area contributed by atoms with Gasteiger partial charge in [0.05, 0.1) is 11.1 Å². The Morgan fingerprint density at radius 3 is 2.20 bits per heavy atom. The number of fused-ring (bicyclic) bond motifs is 3. The molecule has 40 heavy (non-hydrogen) atoms. The van der Waals surface area contributed by atoms with E-state index in [9.17, 15) is 29.7 Å². The highest BCUT2D eigenvalue weighted by atomic mass is 16.3. The van der Waals surface area contributed by atoms with Gasteiger partial charge in [-0.15, -0.1) is 0 Å². The van der Waals surface area contributed by atoms with Crippen molar-refractivity contribution in [3.8, 4) is 16.9 Å². The van der Waals surface area contributed by atoms with Crippen molar-refractivity contribution in [1.29, 1.82) is 0 Å². The number of hydrogen-bond donors (Lipinski definition) is 3. The molecule has 0 bridgehead atoms. The smallest absolute Gasteiger partial charge is 0.206 e. The molecule has 2 aromatic carbocycles. The number of aliphatic hydroxyl groups excluding tert-OH is 1. The number of carbonyl (C=O) groups excluding carboxylic acids is 3. The van der Waals surface area contributed by atoms with Crippen LogP contribution < -0.4 is 0 Å². The summed E-state index contributed by atoms with van der Waals surface area (Å²) in [5.74, 6) is -2.77. The molecule has 3 aliphatic carbocycles. The Morgan fingerprint density at radius 1 is 0.975 bits per heavy atom. The Bertz CT molecular complexity index is 1600. The summed E-state index contributed by atoms with van der Waals surface area (Å²) in [5.41, 5.74) is 1.08.